The number of hydrogen-bond acceptors (Lipinski definition) is 7. The van der Waals surface area contributed by atoms with Gasteiger partial charge in [-0.2, -0.15) is 5.10 Å². The maximum atomic E-state index is 5.59. The smallest absolute Gasteiger partial charge is 0.203 e. The van der Waals surface area contributed by atoms with Crippen molar-refractivity contribution in [2.24, 2.45) is 5.10 Å². The third-order valence-electron chi connectivity index (χ3n) is 3.77. The van der Waals surface area contributed by atoms with Crippen LogP contribution in [0.1, 0.15) is 12.5 Å². The highest BCUT2D eigenvalue weighted by Gasteiger charge is 2.09. The molecular weight excluding hydrogens is 362 g/mol. The van der Waals surface area contributed by atoms with Crippen molar-refractivity contribution in [3.8, 4) is 28.5 Å². The van der Waals surface area contributed by atoms with Gasteiger partial charge in [-0.1, -0.05) is 12.1 Å². The van der Waals surface area contributed by atoms with E-state index in [9.17, 15) is 0 Å². The minimum Gasteiger partial charge on any atom is -0.493 e. The Labute approximate surface area is 162 Å². The first-order valence-corrected chi connectivity index (χ1v) is 9.32. The zero-order valence-corrected chi connectivity index (χ0v) is 16.2. The van der Waals surface area contributed by atoms with Crippen LogP contribution in [0.3, 0.4) is 0 Å². The van der Waals surface area contributed by atoms with Gasteiger partial charge in [0.15, 0.2) is 11.5 Å². The van der Waals surface area contributed by atoms with E-state index in [1.54, 1.807) is 20.4 Å². The van der Waals surface area contributed by atoms with Crippen molar-refractivity contribution >= 4 is 22.7 Å². The molecule has 0 aliphatic carbocycles. The average molecular weight is 383 g/mol. The third-order valence-corrected chi connectivity index (χ3v) is 4.51. The summed E-state index contributed by atoms with van der Waals surface area (Å²) in [5, 5.41) is 6.94. The van der Waals surface area contributed by atoms with Crippen LogP contribution in [-0.4, -0.2) is 32.0 Å². The Balaban J connectivity index is 1.72. The fourth-order valence-electron chi connectivity index (χ4n) is 2.48. The second kappa shape index (κ2) is 9.05. The summed E-state index contributed by atoms with van der Waals surface area (Å²) in [4.78, 5) is 4.57. The van der Waals surface area contributed by atoms with Gasteiger partial charge in [0.1, 0.15) is 5.75 Å². The number of ether oxygens (including phenoxy) is 3. The van der Waals surface area contributed by atoms with Gasteiger partial charge in [0.25, 0.3) is 0 Å². The average Bonchev–Trinajstić information content (AvgIpc) is 3.18. The van der Waals surface area contributed by atoms with Gasteiger partial charge in [0, 0.05) is 16.5 Å². The molecule has 0 aliphatic rings. The fraction of sp³-hybridized carbons (Fsp3) is 0.200. The summed E-state index contributed by atoms with van der Waals surface area (Å²) in [6.07, 6.45) is 1.72. The van der Waals surface area contributed by atoms with Gasteiger partial charge < -0.3 is 14.2 Å². The molecule has 0 amide bonds. The van der Waals surface area contributed by atoms with Crippen LogP contribution in [0.15, 0.2) is 52.9 Å². The van der Waals surface area contributed by atoms with Crippen molar-refractivity contribution in [1.82, 2.24) is 4.98 Å². The summed E-state index contributed by atoms with van der Waals surface area (Å²) in [7, 11) is 3.23. The largest absolute Gasteiger partial charge is 0.493 e. The molecule has 1 heterocycles. The molecule has 27 heavy (non-hydrogen) atoms. The number of benzene rings is 2. The van der Waals surface area contributed by atoms with E-state index < -0.39 is 0 Å². The van der Waals surface area contributed by atoms with Crippen molar-refractivity contribution in [2.45, 2.75) is 6.92 Å². The number of methoxy groups -OCH3 is 2. The minimum atomic E-state index is 0.611. The Morgan fingerprint density at radius 2 is 1.89 bits per heavy atom. The Morgan fingerprint density at radius 3 is 2.67 bits per heavy atom. The van der Waals surface area contributed by atoms with E-state index in [2.05, 4.69) is 15.5 Å². The molecule has 1 N–H and O–H groups in total. The predicted octanol–water partition coefficient (Wildman–Crippen LogP) is 4.67. The SMILES string of the molecule is CCOc1ccccc1/C=N\Nc1nc(-c2ccc(OC)c(OC)c2)cs1. The quantitative estimate of drug-likeness (QED) is 0.452. The zero-order chi connectivity index (χ0) is 19.1. The van der Waals surface area contributed by atoms with E-state index in [0.717, 1.165) is 22.6 Å². The number of para-hydroxylation sites is 1. The van der Waals surface area contributed by atoms with Gasteiger partial charge in [-0.05, 0) is 37.3 Å². The monoisotopic (exact) mass is 383 g/mol. The van der Waals surface area contributed by atoms with Crippen LogP contribution in [0.2, 0.25) is 0 Å². The normalized spacial score (nSPS) is 10.8. The second-order valence-electron chi connectivity index (χ2n) is 5.45. The van der Waals surface area contributed by atoms with Gasteiger partial charge in [0.2, 0.25) is 5.13 Å². The summed E-state index contributed by atoms with van der Waals surface area (Å²) in [6, 6.07) is 13.5. The van der Waals surface area contributed by atoms with Crippen LogP contribution in [0, 0.1) is 0 Å². The van der Waals surface area contributed by atoms with Crippen LogP contribution in [-0.2, 0) is 0 Å². The van der Waals surface area contributed by atoms with E-state index in [1.165, 1.54) is 11.3 Å². The number of aromatic nitrogens is 1. The number of anilines is 1. The number of hydrogen-bond donors (Lipinski definition) is 1. The lowest BCUT2D eigenvalue weighted by molar-refractivity contribution is 0.340. The lowest BCUT2D eigenvalue weighted by atomic mass is 10.1. The van der Waals surface area contributed by atoms with E-state index in [-0.39, 0.29) is 0 Å². The Kier molecular flexibility index (Phi) is 6.27. The Bertz CT molecular complexity index is 924. The van der Waals surface area contributed by atoms with Gasteiger partial charge in [0.05, 0.1) is 32.7 Å². The zero-order valence-electron chi connectivity index (χ0n) is 15.4. The number of nitrogens with one attached hydrogen (secondary N) is 1. The first-order valence-electron chi connectivity index (χ1n) is 8.44. The number of nitrogens with zero attached hydrogens (tertiary/aromatic N) is 2. The van der Waals surface area contributed by atoms with E-state index in [4.69, 9.17) is 14.2 Å². The third kappa shape index (κ3) is 4.57. The molecule has 0 saturated heterocycles. The molecule has 2 aromatic carbocycles. The van der Waals surface area contributed by atoms with E-state index >= 15 is 0 Å². The van der Waals surface area contributed by atoms with Crippen molar-refractivity contribution < 1.29 is 14.2 Å². The molecule has 0 atom stereocenters. The molecule has 0 unspecified atom stereocenters. The minimum absolute atomic E-state index is 0.611. The van der Waals surface area contributed by atoms with Crippen molar-refractivity contribution in [1.29, 1.82) is 0 Å². The number of thiazole rings is 1. The van der Waals surface area contributed by atoms with Crippen LogP contribution in [0.4, 0.5) is 5.13 Å². The standard InChI is InChI=1S/C20H21N3O3S/c1-4-26-17-8-6-5-7-15(17)12-21-23-20-22-16(13-27-20)14-9-10-18(24-2)19(11-14)25-3/h5-13H,4H2,1-3H3,(H,22,23)/b21-12-. The topological polar surface area (TPSA) is 65.0 Å². The first-order chi connectivity index (χ1) is 13.2. The van der Waals surface area contributed by atoms with Crippen molar-refractivity contribution in [3.63, 3.8) is 0 Å². The van der Waals surface area contributed by atoms with Gasteiger partial charge in [-0.15, -0.1) is 11.3 Å². The summed E-state index contributed by atoms with van der Waals surface area (Å²) in [5.74, 6) is 2.16. The predicted molar refractivity (Wildman–Crippen MR) is 109 cm³/mol. The van der Waals surface area contributed by atoms with Crippen LogP contribution in [0.5, 0.6) is 17.2 Å². The molecule has 0 radical (unpaired) electrons. The van der Waals surface area contributed by atoms with Crippen LogP contribution < -0.4 is 19.6 Å². The molecule has 0 fully saturated rings. The molecule has 0 spiro atoms. The van der Waals surface area contributed by atoms with Gasteiger partial charge in [-0.3, -0.25) is 5.43 Å². The molecule has 1 aromatic heterocycles. The molecule has 0 bridgehead atoms. The Morgan fingerprint density at radius 1 is 1.07 bits per heavy atom. The highest BCUT2D eigenvalue weighted by Crippen LogP contribution is 2.33. The van der Waals surface area contributed by atoms with Crippen LogP contribution >= 0.6 is 11.3 Å². The maximum absolute atomic E-state index is 5.59. The first kappa shape index (κ1) is 18.7. The van der Waals surface area contributed by atoms with Crippen molar-refractivity contribution in [2.75, 3.05) is 26.3 Å². The lowest BCUT2D eigenvalue weighted by Gasteiger charge is -2.08. The van der Waals surface area contributed by atoms with E-state index in [1.807, 2.05) is 54.8 Å². The summed E-state index contributed by atoms with van der Waals surface area (Å²) in [6.45, 7) is 2.57. The molecule has 3 aromatic rings. The molecule has 140 valence electrons. The number of rotatable bonds is 8. The van der Waals surface area contributed by atoms with Gasteiger partial charge in [-0.25, -0.2) is 4.98 Å². The van der Waals surface area contributed by atoms with Crippen molar-refractivity contribution in [3.05, 3.63) is 53.4 Å². The summed E-state index contributed by atoms with van der Waals surface area (Å²) in [5.41, 5.74) is 5.66. The molecule has 3 rings (SSSR count). The van der Waals surface area contributed by atoms with E-state index in [0.29, 0.717) is 23.2 Å². The lowest BCUT2D eigenvalue weighted by Crippen LogP contribution is -1.97. The van der Waals surface area contributed by atoms with Crippen LogP contribution in [0.25, 0.3) is 11.3 Å². The highest BCUT2D eigenvalue weighted by atomic mass is 32.1. The van der Waals surface area contributed by atoms with Gasteiger partial charge >= 0.3 is 0 Å². The maximum Gasteiger partial charge on any atom is 0.203 e. The number of hydrazone groups is 1. The highest BCUT2D eigenvalue weighted by molar-refractivity contribution is 7.14. The summed E-state index contributed by atoms with van der Waals surface area (Å²) >= 11 is 1.48. The molecular formula is C20H21N3O3S. The molecule has 0 saturated carbocycles. The molecule has 6 nitrogen and oxygen atoms in total. The fourth-order valence-corrected chi connectivity index (χ4v) is 3.15. The molecule has 0 aliphatic heterocycles. The summed E-state index contributed by atoms with van der Waals surface area (Å²) < 4.78 is 16.2. The Hall–Kier alpha value is -3.06. The second-order valence-corrected chi connectivity index (χ2v) is 6.31. The molecule has 7 heteroatoms.